The minimum Gasteiger partial charge on any atom is -0.325 e. The molecule has 0 saturated heterocycles. The molecule has 0 unspecified atom stereocenters. The Bertz CT molecular complexity index is 674. The van der Waals surface area contributed by atoms with E-state index in [0.717, 1.165) is 11.3 Å². The zero-order valence-electron chi connectivity index (χ0n) is 12.1. The van der Waals surface area contributed by atoms with Crippen molar-refractivity contribution in [1.29, 1.82) is 0 Å². The van der Waals surface area contributed by atoms with Gasteiger partial charge in [-0.1, -0.05) is 36.4 Å². The molecule has 114 valence electrons. The fourth-order valence-corrected chi connectivity index (χ4v) is 2.70. The van der Waals surface area contributed by atoms with Crippen LogP contribution in [0.5, 0.6) is 0 Å². The normalized spacial score (nSPS) is 10.2. The second kappa shape index (κ2) is 7.61. The second-order valence-electron chi connectivity index (χ2n) is 4.78. The quantitative estimate of drug-likeness (QED) is 0.650. The molecule has 22 heavy (non-hydrogen) atoms. The number of carbonyl (C=O) groups excluding carboxylic acids is 1. The van der Waals surface area contributed by atoms with E-state index in [1.54, 1.807) is 19.1 Å². The summed E-state index contributed by atoms with van der Waals surface area (Å²) in [5, 5.41) is 13.6. The van der Waals surface area contributed by atoms with E-state index in [1.807, 2.05) is 30.3 Å². The van der Waals surface area contributed by atoms with Crippen molar-refractivity contribution in [2.45, 2.75) is 12.7 Å². The Hall–Kier alpha value is -2.34. The van der Waals surface area contributed by atoms with Crippen molar-refractivity contribution in [2.24, 2.45) is 0 Å². The van der Waals surface area contributed by atoms with Crippen LogP contribution in [-0.4, -0.2) is 16.6 Å². The van der Waals surface area contributed by atoms with Crippen LogP contribution >= 0.6 is 11.8 Å². The van der Waals surface area contributed by atoms with Crippen molar-refractivity contribution in [2.75, 3.05) is 11.1 Å². The molecule has 0 heterocycles. The van der Waals surface area contributed by atoms with Gasteiger partial charge in [0.15, 0.2) is 0 Å². The van der Waals surface area contributed by atoms with E-state index in [-0.39, 0.29) is 11.6 Å². The maximum atomic E-state index is 11.9. The van der Waals surface area contributed by atoms with Gasteiger partial charge in [-0.05, 0) is 18.6 Å². The molecular weight excluding hydrogens is 300 g/mol. The molecule has 0 aliphatic carbocycles. The average Bonchev–Trinajstić information content (AvgIpc) is 2.50. The van der Waals surface area contributed by atoms with E-state index in [9.17, 15) is 14.9 Å². The summed E-state index contributed by atoms with van der Waals surface area (Å²) in [4.78, 5) is 22.3. The molecule has 0 aromatic heterocycles. The van der Waals surface area contributed by atoms with Gasteiger partial charge in [0, 0.05) is 23.1 Å². The summed E-state index contributed by atoms with van der Waals surface area (Å²) in [5.41, 5.74) is 2.19. The Kier molecular flexibility index (Phi) is 5.55. The monoisotopic (exact) mass is 316 g/mol. The van der Waals surface area contributed by atoms with Gasteiger partial charge in [-0.15, -0.1) is 11.8 Å². The zero-order valence-corrected chi connectivity index (χ0v) is 12.9. The van der Waals surface area contributed by atoms with Gasteiger partial charge in [0.1, 0.15) is 0 Å². The standard InChI is InChI=1S/C16H16N2O3S/c1-12-7-8-14(9-15(12)18(20)21)17-16(19)11-22-10-13-5-3-2-4-6-13/h2-9H,10-11H2,1H3,(H,17,19). The van der Waals surface area contributed by atoms with Gasteiger partial charge in [0.2, 0.25) is 5.91 Å². The lowest BCUT2D eigenvalue weighted by atomic mass is 10.2. The number of anilines is 1. The van der Waals surface area contributed by atoms with Crippen LogP contribution in [-0.2, 0) is 10.5 Å². The van der Waals surface area contributed by atoms with E-state index in [4.69, 9.17) is 0 Å². The molecule has 0 saturated carbocycles. The smallest absolute Gasteiger partial charge is 0.274 e. The summed E-state index contributed by atoms with van der Waals surface area (Å²) in [6.45, 7) is 1.67. The Labute approximate surface area is 132 Å². The lowest BCUT2D eigenvalue weighted by Gasteiger charge is -2.06. The summed E-state index contributed by atoms with van der Waals surface area (Å²) in [5.74, 6) is 0.887. The number of amides is 1. The van der Waals surface area contributed by atoms with Gasteiger partial charge in [-0.3, -0.25) is 14.9 Å². The average molecular weight is 316 g/mol. The summed E-state index contributed by atoms with van der Waals surface area (Å²) in [7, 11) is 0. The van der Waals surface area contributed by atoms with E-state index < -0.39 is 4.92 Å². The predicted molar refractivity (Wildman–Crippen MR) is 89.1 cm³/mol. The summed E-state index contributed by atoms with van der Waals surface area (Å²) >= 11 is 1.50. The van der Waals surface area contributed by atoms with Crippen molar-refractivity contribution < 1.29 is 9.72 Å². The SMILES string of the molecule is Cc1ccc(NC(=O)CSCc2ccccc2)cc1[N+](=O)[O-]. The van der Waals surface area contributed by atoms with Crippen LogP contribution in [0.25, 0.3) is 0 Å². The largest absolute Gasteiger partial charge is 0.325 e. The Morgan fingerprint density at radius 1 is 1.23 bits per heavy atom. The van der Waals surface area contributed by atoms with Crippen molar-refractivity contribution in [1.82, 2.24) is 0 Å². The number of thioether (sulfide) groups is 1. The van der Waals surface area contributed by atoms with Crippen LogP contribution in [0.1, 0.15) is 11.1 Å². The molecule has 0 aliphatic heterocycles. The highest BCUT2D eigenvalue weighted by atomic mass is 32.2. The maximum absolute atomic E-state index is 11.9. The van der Waals surface area contributed by atoms with Crippen molar-refractivity contribution in [3.05, 3.63) is 69.8 Å². The number of benzene rings is 2. The number of carbonyl (C=O) groups is 1. The van der Waals surface area contributed by atoms with Gasteiger partial charge in [-0.25, -0.2) is 0 Å². The number of hydrogen-bond donors (Lipinski definition) is 1. The van der Waals surface area contributed by atoms with Gasteiger partial charge >= 0.3 is 0 Å². The topological polar surface area (TPSA) is 72.2 Å². The van der Waals surface area contributed by atoms with Crippen LogP contribution in [0.3, 0.4) is 0 Å². The van der Waals surface area contributed by atoms with Gasteiger partial charge < -0.3 is 5.32 Å². The molecule has 0 fully saturated rings. The molecule has 0 aliphatic rings. The fourth-order valence-electron chi connectivity index (χ4n) is 1.92. The summed E-state index contributed by atoms with van der Waals surface area (Å²) in [6.07, 6.45) is 0. The summed E-state index contributed by atoms with van der Waals surface area (Å²) < 4.78 is 0. The lowest BCUT2D eigenvalue weighted by Crippen LogP contribution is -2.14. The first-order valence-corrected chi connectivity index (χ1v) is 7.88. The zero-order chi connectivity index (χ0) is 15.9. The minimum absolute atomic E-state index is 0.00902. The Balaban J connectivity index is 1.87. The van der Waals surface area contributed by atoms with Crippen LogP contribution in [0.4, 0.5) is 11.4 Å². The first-order chi connectivity index (χ1) is 10.6. The Morgan fingerprint density at radius 2 is 1.95 bits per heavy atom. The van der Waals surface area contributed by atoms with Crippen molar-refractivity contribution in [3.63, 3.8) is 0 Å². The number of hydrogen-bond acceptors (Lipinski definition) is 4. The molecule has 1 amide bonds. The number of nitro groups is 1. The van der Waals surface area contributed by atoms with Gasteiger partial charge in [0.05, 0.1) is 10.7 Å². The number of nitro benzene ring substituents is 1. The third-order valence-corrected chi connectivity index (χ3v) is 4.04. The number of nitrogens with zero attached hydrogens (tertiary/aromatic N) is 1. The van der Waals surface area contributed by atoms with E-state index in [0.29, 0.717) is 17.0 Å². The van der Waals surface area contributed by atoms with Gasteiger partial charge in [-0.2, -0.15) is 0 Å². The van der Waals surface area contributed by atoms with Crippen molar-refractivity contribution in [3.8, 4) is 0 Å². The second-order valence-corrected chi connectivity index (χ2v) is 5.77. The van der Waals surface area contributed by atoms with Crippen LogP contribution in [0.15, 0.2) is 48.5 Å². The minimum atomic E-state index is -0.449. The Morgan fingerprint density at radius 3 is 2.64 bits per heavy atom. The lowest BCUT2D eigenvalue weighted by molar-refractivity contribution is -0.385. The summed E-state index contributed by atoms with van der Waals surface area (Å²) in [6, 6.07) is 14.6. The highest BCUT2D eigenvalue weighted by molar-refractivity contribution is 7.99. The maximum Gasteiger partial charge on any atom is 0.274 e. The highest BCUT2D eigenvalue weighted by Gasteiger charge is 2.12. The first-order valence-electron chi connectivity index (χ1n) is 6.73. The third kappa shape index (κ3) is 4.60. The molecule has 5 nitrogen and oxygen atoms in total. The first kappa shape index (κ1) is 16.0. The molecule has 2 rings (SSSR count). The number of nitrogens with one attached hydrogen (secondary N) is 1. The molecule has 0 atom stereocenters. The molecule has 0 spiro atoms. The number of rotatable bonds is 6. The van der Waals surface area contributed by atoms with Gasteiger partial charge in [0.25, 0.3) is 5.69 Å². The predicted octanol–water partition coefficient (Wildman–Crippen LogP) is 3.78. The van der Waals surface area contributed by atoms with Crippen molar-refractivity contribution >= 4 is 29.0 Å². The van der Waals surface area contributed by atoms with E-state index in [1.165, 1.54) is 17.8 Å². The van der Waals surface area contributed by atoms with Crippen LogP contribution in [0, 0.1) is 17.0 Å². The molecule has 2 aromatic rings. The molecule has 0 radical (unpaired) electrons. The number of aryl methyl sites for hydroxylation is 1. The fraction of sp³-hybridized carbons (Fsp3) is 0.188. The molecule has 2 aromatic carbocycles. The third-order valence-electron chi connectivity index (χ3n) is 3.03. The van der Waals surface area contributed by atoms with E-state index in [2.05, 4.69) is 5.32 Å². The molecule has 0 bridgehead atoms. The molecule has 6 heteroatoms. The van der Waals surface area contributed by atoms with Crippen LogP contribution < -0.4 is 5.32 Å². The van der Waals surface area contributed by atoms with Crippen LogP contribution in [0.2, 0.25) is 0 Å². The van der Waals surface area contributed by atoms with E-state index >= 15 is 0 Å². The molecule has 1 N–H and O–H groups in total. The highest BCUT2D eigenvalue weighted by Crippen LogP contribution is 2.22. The molecular formula is C16H16N2O3S.